The molecule has 0 aliphatic rings. The third-order valence-corrected chi connectivity index (χ3v) is 5.29. The van der Waals surface area contributed by atoms with Crippen molar-refractivity contribution in [2.75, 3.05) is 11.1 Å². The van der Waals surface area contributed by atoms with Crippen LogP contribution in [-0.2, 0) is 11.4 Å². The number of thioether (sulfide) groups is 1. The zero-order valence-electron chi connectivity index (χ0n) is 17.1. The third kappa shape index (κ3) is 6.09. The molecule has 3 aromatic rings. The van der Waals surface area contributed by atoms with Crippen LogP contribution in [0.2, 0.25) is 0 Å². The lowest BCUT2D eigenvalue weighted by atomic mass is 10.0. The van der Waals surface area contributed by atoms with Gasteiger partial charge in [0.2, 0.25) is 5.91 Å². The van der Waals surface area contributed by atoms with Gasteiger partial charge in [0.05, 0.1) is 5.75 Å². The highest BCUT2D eigenvalue weighted by Crippen LogP contribution is 2.21. The maximum atomic E-state index is 12.1. The molecule has 6 nitrogen and oxygen atoms in total. The number of rotatable bonds is 8. The van der Waals surface area contributed by atoms with E-state index < -0.39 is 0 Å². The van der Waals surface area contributed by atoms with Crippen LogP contribution in [0.15, 0.2) is 52.1 Å². The summed E-state index contributed by atoms with van der Waals surface area (Å²) in [7, 11) is 0. The molecule has 152 valence electrons. The summed E-state index contributed by atoms with van der Waals surface area (Å²) in [6.07, 6.45) is 0. The highest BCUT2D eigenvalue weighted by molar-refractivity contribution is 7.99. The van der Waals surface area contributed by atoms with Crippen molar-refractivity contribution in [3.8, 4) is 5.75 Å². The quantitative estimate of drug-likeness (QED) is 0.519. The number of amides is 1. The highest BCUT2D eigenvalue weighted by atomic mass is 32.2. The predicted octanol–water partition coefficient (Wildman–Crippen LogP) is 5.12. The van der Waals surface area contributed by atoms with Gasteiger partial charge in [-0.15, -0.1) is 10.2 Å². The van der Waals surface area contributed by atoms with Crippen molar-refractivity contribution < 1.29 is 13.9 Å². The Bertz CT molecular complexity index is 968. The van der Waals surface area contributed by atoms with Crippen LogP contribution in [0.5, 0.6) is 5.75 Å². The fourth-order valence-electron chi connectivity index (χ4n) is 2.59. The number of hydrogen-bond donors (Lipinski definition) is 1. The van der Waals surface area contributed by atoms with E-state index in [4.69, 9.17) is 9.15 Å². The van der Waals surface area contributed by atoms with E-state index in [0.29, 0.717) is 17.0 Å². The van der Waals surface area contributed by atoms with Crippen LogP contribution in [0, 0.1) is 13.8 Å². The van der Waals surface area contributed by atoms with Gasteiger partial charge in [0.15, 0.2) is 6.61 Å². The average molecular weight is 412 g/mol. The summed E-state index contributed by atoms with van der Waals surface area (Å²) in [5.41, 5.74) is 4.36. The minimum absolute atomic E-state index is 0.125. The summed E-state index contributed by atoms with van der Waals surface area (Å²) in [6, 6.07) is 13.8. The van der Waals surface area contributed by atoms with Crippen LogP contribution in [0.3, 0.4) is 0 Å². The maximum absolute atomic E-state index is 12.1. The smallest absolute Gasteiger partial charge is 0.277 e. The molecule has 3 rings (SSSR count). The first kappa shape index (κ1) is 20.9. The lowest BCUT2D eigenvalue weighted by Gasteiger charge is -2.07. The Balaban J connectivity index is 1.46. The third-order valence-electron chi connectivity index (χ3n) is 4.47. The van der Waals surface area contributed by atoms with Crippen molar-refractivity contribution in [1.82, 2.24) is 10.2 Å². The van der Waals surface area contributed by atoms with Gasteiger partial charge in [-0.05, 0) is 60.7 Å². The van der Waals surface area contributed by atoms with Gasteiger partial charge in [-0.2, -0.15) is 0 Å². The van der Waals surface area contributed by atoms with Gasteiger partial charge in [-0.1, -0.05) is 43.8 Å². The minimum atomic E-state index is -0.125. The zero-order valence-corrected chi connectivity index (χ0v) is 17.9. The van der Waals surface area contributed by atoms with Crippen molar-refractivity contribution in [3.05, 3.63) is 65.0 Å². The Hall–Kier alpha value is -2.80. The molecule has 7 heteroatoms. The van der Waals surface area contributed by atoms with Crippen LogP contribution < -0.4 is 10.1 Å². The van der Waals surface area contributed by atoms with Gasteiger partial charge in [-0.25, -0.2) is 0 Å². The van der Waals surface area contributed by atoms with E-state index in [1.54, 1.807) is 0 Å². The molecule has 0 spiro atoms. The summed E-state index contributed by atoms with van der Waals surface area (Å²) in [6.45, 7) is 8.53. The monoisotopic (exact) mass is 411 g/mol. The van der Waals surface area contributed by atoms with Gasteiger partial charge in [0, 0.05) is 5.69 Å². The van der Waals surface area contributed by atoms with E-state index in [9.17, 15) is 4.79 Å². The van der Waals surface area contributed by atoms with E-state index in [1.807, 2.05) is 56.3 Å². The highest BCUT2D eigenvalue weighted by Gasteiger charge is 2.11. The molecule has 0 aliphatic carbocycles. The van der Waals surface area contributed by atoms with Crippen molar-refractivity contribution >= 4 is 23.4 Å². The van der Waals surface area contributed by atoms with E-state index in [1.165, 1.54) is 22.9 Å². The van der Waals surface area contributed by atoms with Crippen molar-refractivity contribution in [2.24, 2.45) is 0 Å². The Morgan fingerprint density at radius 1 is 1.10 bits per heavy atom. The number of anilines is 1. The fourth-order valence-corrected chi connectivity index (χ4v) is 3.17. The number of aromatic nitrogens is 2. The molecule has 0 saturated heterocycles. The number of carbonyl (C=O) groups excluding carboxylic acids is 1. The normalized spacial score (nSPS) is 10.9. The number of nitrogens with zero attached hydrogens (tertiary/aromatic N) is 2. The molecule has 2 aromatic carbocycles. The number of aryl methyl sites for hydroxylation is 2. The summed E-state index contributed by atoms with van der Waals surface area (Å²) < 4.78 is 11.2. The van der Waals surface area contributed by atoms with Gasteiger partial charge in [-0.3, -0.25) is 4.79 Å². The van der Waals surface area contributed by atoms with Gasteiger partial charge in [0.25, 0.3) is 11.1 Å². The Morgan fingerprint density at radius 3 is 2.55 bits per heavy atom. The van der Waals surface area contributed by atoms with Crippen LogP contribution >= 0.6 is 11.8 Å². The molecule has 1 amide bonds. The molecular weight excluding hydrogens is 386 g/mol. The number of nitrogens with one attached hydrogen (secondary N) is 1. The Kier molecular flexibility index (Phi) is 6.93. The molecule has 1 heterocycles. The Labute approximate surface area is 175 Å². The molecule has 1 N–H and O–H groups in total. The molecular formula is C22H25N3O3S. The summed E-state index contributed by atoms with van der Waals surface area (Å²) in [4.78, 5) is 12.1. The second kappa shape index (κ2) is 9.60. The number of benzene rings is 2. The van der Waals surface area contributed by atoms with Crippen LogP contribution in [-0.4, -0.2) is 21.9 Å². The standard InChI is InChI=1S/C22H25N3O3S/c1-14(2)17-6-9-19(10-7-17)27-12-21-24-25-22(28-21)29-13-20(26)23-18-8-5-15(3)16(4)11-18/h5-11,14H,12-13H2,1-4H3,(H,23,26). The SMILES string of the molecule is Cc1ccc(NC(=O)CSc2nnc(COc3ccc(C(C)C)cc3)o2)cc1C. The first-order valence-corrected chi connectivity index (χ1v) is 10.4. The van der Waals surface area contributed by atoms with Gasteiger partial charge < -0.3 is 14.5 Å². The molecule has 0 unspecified atom stereocenters. The predicted molar refractivity (Wildman–Crippen MR) is 114 cm³/mol. The van der Waals surface area contributed by atoms with E-state index in [0.717, 1.165) is 17.0 Å². The number of hydrogen-bond acceptors (Lipinski definition) is 6. The molecule has 0 bridgehead atoms. The first-order chi connectivity index (χ1) is 13.9. The molecule has 0 radical (unpaired) electrons. The molecule has 0 fully saturated rings. The summed E-state index contributed by atoms with van der Waals surface area (Å²) in [5, 5.41) is 11.1. The second-order valence-corrected chi connectivity index (χ2v) is 8.04. The number of ether oxygens (including phenoxy) is 1. The van der Waals surface area contributed by atoms with Gasteiger partial charge in [0.1, 0.15) is 5.75 Å². The first-order valence-electron chi connectivity index (χ1n) is 9.46. The second-order valence-electron chi connectivity index (χ2n) is 7.11. The molecule has 0 aliphatic heterocycles. The van der Waals surface area contributed by atoms with Crippen molar-refractivity contribution in [1.29, 1.82) is 0 Å². The lowest BCUT2D eigenvalue weighted by Crippen LogP contribution is -2.14. The minimum Gasteiger partial charge on any atom is -0.484 e. The number of carbonyl (C=O) groups is 1. The van der Waals surface area contributed by atoms with Crippen LogP contribution in [0.4, 0.5) is 5.69 Å². The van der Waals surface area contributed by atoms with E-state index in [2.05, 4.69) is 29.4 Å². The summed E-state index contributed by atoms with van der Waals surface area (Å²) >= 11 is 1.19. The topological polar surface area (TPSA) is 77.2 Å². The molecule has 1 aromatic heterocycles. The van der Waals surface area contributed by atoms with Crippen LogP contribution in [0.25, 0.3) is 0 Å². The largest absolute Gasteiger partial charge is 0.484 e. The molecule has 0 saturated carbocycles. The molecule has 29 heavy (non-hydrogen) atoms. The van der Waals surface area contributed by atoms with Crippen molar-refractivity contribution in [3.63, 3.8) is 0 Å². The lowest BCUT2D eigenvalue weighted by molar-refractivity contribution is -0.113. The average Bonchev–Trinajstić information content (AvgIpc) is 3.16. The maximum Gasteiger partial charge on any atom is 0.277 e. The van der Waals surface area contributed by atoms with E-state index >= 15 is 0 Å². The van der Waals surface area contributed by atoms with Gasteiger partial charge >= 0.3 is 0 Å². The van der Waals surface area contributed by atoms with Crippen LogP contribution in [0.1, 0.15) is 42.3 Å². The zero-order chi connectivity index (χ0) is 20.8. The summed E-state index contributed by atoms with van der Waals surface area (Å²) in [5.74, 6) is 1.65. The molecule has 0 atom stereocenters. The van der Waals surface area contributed by atoms with Crippen molar-refractivity contribution in [2.45, 2.75) is 45.4 Å². The van der Waals surface area contributed by atoms with E-state index in [-0.39, 0.29) is 18.3 Å². The fraction of sp³-hybridized carbons (Fsp3) is 0.318. The Morgan fingerprint density at radius 2 is 1.86 bits per heavy atom.